The highest BCUT2D eigenvalue weighted by atomic mass is 16.5. The fourth-order valence-corrected chi connectivity index (χ4v) is 2.02. The Labute approximate surface area is 79.5 Å². The van der Waals surface area contributed by atoms with E-state index in [2.05, 4.69) is 5.32 Å². The summed E-state index contributed by atoms with van der Waals surface area (Å²) in [4.78, 5) is 0. The molecule has 2 fully saturated rings. The lowest BCUT2D eigenvalue weighted by Crippen LogP contribution is -2.53. The molecular weight excluding hydrogens is 166 g/mol. The van der Waals surface area contributed by atoms with Crippen LogP contribution >= 0.6 is 0 Å². The molecule has 3 nitrogen and oxygen atoms in total. The summed E-state index contributed by atoms with van der Waals surface area (Å²) >= 11 is 0. The Bertz CT molecular complexity index is 174. The van der Waals surface area contributed by atoms with Crippen molar-refractivity contribution in [1.29, 1.82) is 0 Å². The summed E-state index contributed by atoms with van der Waals surface area (Å²) in [6.45, 7) is 0.772. The van der Waals surface area contributed by atoms with Gasteiger partial charge in [0.15, 0.2) is 0 Å². The van der Waals surface area contributed by atoms with Crippen molar-refractivity contribution < 1.29 is 9.84 Å². The van der Waals surface area contributed by atoms with Crippen LogP contribution in [0.25, 0.3) is 0 Å². The molecule has 2 saturated carbocycles. The van der Waals surface area contributed by atoms with E-state index in [4.69, 9.17) is 4.74 Å². The highest BCUT2D eigenvalue weighted by Gasteiger charge is 2.36. The molecule has 0 atom stereocenters. The molecule has 0 unspecified atom stereocenters. The number of ether oxygens (including phenoxy) is 1. The highest BCUT2D eigenvalue weighted by Crippen LogP contribution is 2.31. The summed E-state index contributed by atoms with van der Waals surface area (Å²) in [5.41, 5.74) is -0.377. The van der Waals surface area contributed by atoms with E-state index in [9.17, 15) is 5.11 Å². The van der Waals surface area contributed by atoms with Crippen molar-refractivity contribution in [3.05, 3.63) is 0 Å². The van der Waals surface area contributed by atoms with Crippen molar-refractivity contribution in [2.24, 2.45) is 0 Å². The third-order valence-corrected chi connectivity index (χ3v) is 3.43. The van der Waals surface area contributed by atoms with Gasteiger partial charge in [-0.1, -0.05) is 0 Å². The molecule has 0 radical (unpaired) electrons. The molecule has 0 bridgehead atoms. The number of hydrogen-bond donors (Lipinski definition) is 2. The van der Waals surface area contributed by atoms with Crippen molar-refractivity contribution in [2.75, 3.05) is 13.7 Å². The molecule has 2 aliphatic carbocycles. The first-order valence-corrected chi connectivity index (χ1v) is 5.20. The summed E-state index contributed by atoms with van der Waals surface area (Å²) < 4.78 is 5.19. The van der Waals surface area contributed by atoms with E-state index in [1.807, 2.05) is 0 Å². The average Bonchev–Trinajstić information content (AvgIpc) is 1.99. The zero-order valence-corrected chi connectivity index (χ0v) is 8.25. The monoisotopic (exact) mass is 185 g/mol. The lowest BCUT2D eigenvalue weighted by atomic mass is 9.79. The van der Waals surface area contributed by atoms with Gasteiger partial charge in [-0.3, -0.25) is 0 Å². The van der Waals surface area contributed by atoms with Gasteiger partial charge in [-0.05, 0) is 32.1 Å². The molecule has 13 heavy (non-hydrogen) atoms. The van der Waals surface area contributed by atoms with Crippen molar-refractivity contribution in [2.45, 2.75) is 49.9 Å². The second-order valence-electron chi connectivity index (χ2n) is 4.48. The maximum absolute atomic E-state index is 9.81. The molecule has 3 heteroatoms. The van der Waals surface area contributed by atoms with Gasteiger partial charge < -0.3 is 15.2 Å². The van der Waals surface area contributed by atoms with E-state index in [1.54, 1.807) is 7.11 Å². The summed E-state index contributed by atoms with van der Waals surface area (Å²) in [6, 6.07) is 0.578. The molecule has 0 aromatic carbocycles. The molecule has 0 amide bonds. The predicted molar refractivity (Wildman–Crippen MR) is 50.6 cm³/mol. The average molecular weight is 185 g/mol. The zero-order valence-electron chi connectivity index (χ0n) is 8.25. The lowest BCUT2D eigenvalue weighted by molar-refractivity contribution is -0.0439. The Hall–Kier alpha value is -0.120. The highest BCUT2D eigenvalue weighted by molar-refractivity contribution is 4.93. The van der Waals surface area contributed by atoms with Gasteiger partial charge in [0.25, 0.3) is 0 Å². The molecule has 2 aliphatic rings. The van der Waals surface area contributed by atoms with Crippen LogP contribution in [-0.2, 0) is 4.74 Å². The van der Waals surface area contributed by atoms with Crippen LogP contribution < -0.4 is 5.32 Å². The Kier molecular flexibility index (Phi) is 2.58. The SMILES string of the molecule is COC1CC(NCC2(O)CCC2)C1. The van der Waals surface area contributed by atoms with Gasteiger partial charge in [-0.25, -0.2) is 0 Å². The van der Waals surface area contributed by atoms with Gasteiger partial charge in [0.05, 0.1) is 11.7 Å². The van der Waals surface area contributed by atoms with Crippen molar-refractivity contribution in [3.63, 3.8) is 0 Å². The van der Waals surface area contributed by atoms with E-state index in [0.717, 1.165) is 32.2 Å². The molecule has 2 rings (SSSR count). The smallest absolute Gasteiger partial charge is 0.0771 e. The third-order valence-electron chi connectivity index (χ3n) is 3.43. The topological polar surface area (TPSA) is 41.5 Å². The Morgan fingerprint density at radius 2 is 2.15 bits per heavy atom. The van der Waals surface area contributed by atoms with Crippen molar-refractivity contribution >= 4 is 0 Å². The van der Waals surface area contributed by atoms with E-state index in [-0.39, 0.29) is 5.60 Å². The third kappa shape index (κ3) is 2.03. The first kappa shape index (κ1) is 9.44. The predicted octanol–water partition coefficient (Wildman–Crippen LogP) is 0.668. The molecule has 0 saturated heterocycles. The van der Waals surface area contributed by atoms with Crippen LogP contribution in [0.2, 0.25) is 0 Å². The van der Waals surface area contributed by atoms with Crippen LogP contribution in [0.15, 0.2) is 0 Å². The number of aliphatic hydroxyl groups is 1. The van der Waals surface area contributed by atoms with E-state index >= 15 is 0 Å². The van der Waals surface area contributed by atoms with Gasteiger partial charge in [0.2, 0.25) is 0 Å². The van der Waals surface area contributed by atoms with Crippen molar-refractivity contribution in [3.8, 4) is 0 Å². The minimum atomic E-state index is -0.377. The molecule has 0 aliphatic heterocycles. The van der Waals surface area contributed by atoms with E-state index in [0.29, 0.717) is 12.1 Å². The molecular formula is C10H19NO2. The standard InChI is InChI=1S/C10H19NO2/c1-13-9-5-8(6-9)11-7-10(12)3-2-4-10/h8-9,11-12H,2-7H2,1H3. The van der Waals surface area contributed by atoms with Crippen LogP contribution in [0.5, 0.6) is 0 Å². The molecule has 0 spiro atoms. The minimum Gasteiger partial charge on any atom is -0.389 e. The Balaban J connectivity index is 1.59. The largest absolute Gasteiger partial charge is 0.389 e. The van der Waals surface area contributed by atoms with Crippen LogP contribution in [-0.4, -0.2) is 36.5 Å². The Morgan fingerprint density at radius 3 is 2.62 bits per heavy atom. The molecule has 0 heterocycles. The van der Waals surface area contributed by atoms with E-state index < -0.39 is 0 Å². The number of rotatable bonds is 4. The zero-order chi connectivity index (χ0) is 9.31. The molecule has 0 aromatic rings. The summed E-state index contributed by atoms with van der Waals surface area (Å²) in [5, 5.41) is 13.2. The normalized spacial score (nSPS) is 36.5. The van der Waals surface area contributed by atoms with Gasteiger partial charge in [0.1, 0.15) is 0 Å². The fourth-order valence-electron chi connectivity index (χ4n) is 2.02. The van der Waals surface area contributed by atoms with Crippen LogP contribution in [0.4, 0.5) is 0 Å². The van der Waals surface area contributed by atoms with Crippen LogP contribution in [0, 0.1) is 0 Å². The minimum absolute atomic E-state index is 0.377. The number of hydrogen-bond acceptors (Lipinski definition) is 3. The van der Waals surface area contributed by atoms with Crippen LogP contribution in [0.1, 0.15) is 32.1 Å². The maximum Gasteiger partial charge on any atom is 0.0771 e. The van der Waals surface area contributed by atoms with Crippen LogP contribution in [0.3, 0.4) is 0 Å². The van der Waals surface area contributed by atoms with Gasteiger partial charge in [0, 0.05) is 19.7 Å². The summed E-state index contributed by atoms with van der Waals surface area (Å²) in [7, 11) is 1.76. The summed E-state index contributed by atoms with van der Waals surface area (Å²) in [5.74, 6) is 0. The molecule has 2 N–H and O–H groups in total. The van der Waals surface area contributed by atoms with E-state index in [1.165, 1.54) is 6.42 Å². The van der Waals surface area contributed by atoms with Gasteiger partial charge in [-0.2, -0.15) is 0 Å². The maximum atomic E-state index is 9.81. The van der Waals surface area contributed by atoms with Gasteiger partial charge >= 0.3 is 0 Å². The first-order valence-electron chi connectivity index (χ1n) is 5.20. The van der Waals surface area contributed by atoms with Gasteiger partial charge in [-0.15, -0.1) is 0 Å². The number of nitrogens with one attached hydrogen (secondary N) is 1. The second kappa shape index (κ2) is 3.56. The Morgan fingerprint density at radius 1 is 1.46 bits per heavy atom. The van der Waals surface area contributed by atoms with Crippen molar-refractivity contribution in [1.82, 2.24) is 5.32 Å². The first-order chi connectivity index (χ1) is 6.22. The number of methoxy groups -OCH3 is 1. The molecule has 76 valence electrons. The molecule has 0 aromatic heterocycles. The second-order valence-corrected chi connectivity index (χ2v) is 4.48. The lowest BCUT2D eigenvalue weighted by Gasteiger charge is -2.41. The summed E-state index contributed by atoms with van der Waals surface area (Å²) in [6.07, 6.45) is 5.79. The quantitative estimate of drug-likeness (QED) is 0.676. The fraction of sp³-hybridized carbons (Fsp3) is 1.00.